The van der Waals surface area contributed by atoms with E-state index >= 15 is 0 Å². The molecular weight excluding hydrogens is 340 g/mol. The van der Waals surface area contributed by atoms with E-state index in [0.29, 0.717) is 12.8 Å². The Morgan fingerprint density at radius 1 is 1.04 bits per heavy atom. The lowest BCUT2D eigenvalue weighted by Gasteiger charge is -2.19. The molecule has 1 N–H and O–H groups in total. The number of nitrogens with one attached hydrogen (secondary N) is 1. The van der Waals surface area contributed by atoms with E-state index < -0.39 is 0 Å². The summed E-state index contributed by atoms with van der Waals surface area (Å²) < 4.78 is 0. The molecule has 1 fully saturated rings. The molecule has 0 radical (unpaired) electrons. The van der Waals surface area contributed by atoms with Crippen molar-refractivity contribution in [3.05, 3.63) is 60.2 Å². The van der Waals surface area contributed by atoms with Crippen molar-refractivity contribution in [2.24, 2.45) is 11.8 Å². The van der Waals surface area contributed by atoms with Crippen LogP contribution in [0.4, 0.5) is 0 Å². The lowest BCUT2D eigenvalue weighted by molar-refractivity contribution is -0.143. The van der Waals surface area contributed by atoms with Crippen molar-refractivity contribution in [1.29, 1.82) is 0 Å². The lowest BCUT2D eigenvalue weighted by Crippen LogP contribution is -2.41. The molecule has 27 heavy (non-hydrogen) atoms. The van der Waals surface area contributed by atoms with Crippen molar-refractivity contribution in [1.82, 2.24) is 10.2 Å². The molecule has 3 atom stereocenters. The Bertz CT molecular complexity index is 918. The first-order valence-corrected chi connectivity index (χ1v) is 9.33. The molecule has 0 bridgehead atoms. The number of hydrogen-bond acceptors (Lipinski definition) is 3. The topological polar surface area (TPSA) is 66.5 Å². The maximum atomic E-state index is 12.5. The molecule has 0 aromatic heterocycles. The number of likely N-dealkylation sites (tertiary alicyclic amines) is 1. The number of benzene rings is 2. The van der Waals surface area contributed by atoms with Gasteiger partial charge in [-0.25, -0.2) is 0 Å². The fourth-order valence-electron chi connectivity index (χ4n) is 4.16. The minimum Gasteiger partial charge on any atom is -0.348 e. The van der Waals surface area contributed by atoms with Gasteiger partial charge in [0.25, 0.3) is 0 Å². The average molecular weight is 362 g/mol. The highest BCUT2D eigenvalue weighted by molar-refractivity contribution is 6.07. The van der Waals surface area contributed by atoms with E-state index in [0.717, 1.165) is 21.2 Å². The van der Waals surface area contributed by atoms with Gasteiger partial charge in [-0.3, -0.25) is 19.3 Å². The van der Waals surface area contributed by atoms with E-state index in [1.165, 1.54) is 0 Å². The zero-order chi connectivity index (χ0) is 19.0. The van der Waals surface area contributed by atoms with Crippen LogP contribution >= 0.6 is 0 Å². The molecule has 0 unspecified atom stereocenters. The third-order valence-electron chi connectivity index (χ3n) is 5.57. The number of allylic oxidation sites excluding steroid dienone is 2. The molecule has 4 rings (SSSR count). The highest BCUT2D eigenvalue weighted by atomic mass is 16.2. The highest BCUT2D eigenvalue weighted by Gasteiger charge is 2.47. The van der Waals surface area contributed by atoms with Crippen molar-refractivity contribution >= 4 is 28.5 Å². The van der Waals surface area contributed by atoms with Gasteiger partial charge in [-0.2, -0.15) is 0 Å². The van der Waals surface area contributed by atoms with Crippen LogP contribution in [0.15, 0.2) is 54.6 Å². The zero-order valence-corrected chi connectivity index (χ0v) is 15.2. The van der Waals surface area contributed by atoms with Gasteiger partial charge in [0.2, 0.25) is 17.7 Å². The number of imide groups is 1. The first-order valence-electron chi connectivity index (χ1n) is 9.33. The van der Waals surface area contributed by atoms with Crippen LogP contribution in [0, 0.1) is 11.8 Å². The summed E-state index contributed by atoms with van der Waals surface area (Å²) >= 11 is 0. The van der Waals surface area contributed by atoms with E-state index in [-0.39, 0.29) is 42.1 Å². The van der Waals surface area contributed by atoms with Crippen LogP contribution in [0.5, 0.6) is 0 Å². The second kappa shape index (κ2) is 6.99. The fraction of sp³-hybridized carbons (Fsp3) is 0.318. The van der Waals surface area contributed by atoms with Gasteiger partial charge in [-0.05, 0) is 36.1 Å². The van der Waals surface area contributed by atoms with E-state index in [1.54, 1.807) is 0 Å². The fourth-order valence-corrected chi connectivity index (χ4v) is 4.16. The van der Waals surface area contributed by atoms with Crippen LogP contribution in [0.3, 0.4) is 0 Å². The molecule has 0 saturated carbocycles. The average Bonchev–Trinajstić information content (AvgIpc) is 2.92. The van der Waals surface area contributed by atoms with Gasteiger partial charge < -0.3 is 5.32 Å². The van der Waals surface area contributed by atoms with Gasteiger partial charge in [0.15, 0.2) is 0 Å². The van der Waals surface area contributed by atoms with E-state index in [9.17, 15) is 14.4 Å². The van der Waals surface area contributed by atoms with Crippen LogP contribution in [0.1, 0.15) is 31.4 Å². The molecule has 1 heterocycles. The number of nitrogens with zero attached hydrogens (tertiary/aromatic N) is 1. The predicted octanol–water partition coefficient (Wildman–Crippen LogP) is 2.97. The number of carbonyl (C=O) groups excluding carboxylic acids is 3. The van der Waals surface area contributed by atoms with E-state index in [4.69, 9.17) is 0 Å². The van der Waals surface area contributed by atoms with Crippen molar-refractivity contribution in [3.8, 4) is 0 Å². The summed E-state index contributed by atoms with van der Waals surface area (Å²) in [4.78, 5) is 38.7. The summed E-state index contributed by atoms with van der Waals surface area (Å²) in [5.41, 5.74) is 1.01. The van der Waals surface area contributed by atoms with Crippen LogP contribution in [-0.2, 0) is 14.4 Å². The van der Waals surface area contributed by atoms with Crippen molar-refractivity contribution in [3.63, 3.8) is 0 Å². The maximum absolute atomic E-state index is 12.5. The van der Waals surface area contributed by atoms with Gasteiger partial charge >= 0.3 is 0 Å². The van der Waals surface area contributed by atoms with Gasteiger partial charge in [0.05, 0.1) is 17.9 Å². The van der Waals surface area contributed by atoms with Crippen molar-refractivity contribution in [2.45, 2.75) is 25.8 Å². The van der Waals surface area contributed by atoms with E-state index in [2.05, 4.69) is 5.32 Å². The molecule has 5 heteroatoms. The molecule has 2 aliphatic rings. The maximum Gasteiger partial charge on any atom is 0.240 e. The first kappa shape index (κ1) is 17.5. The predicted molar refractivity (Wildman–Crippen MR) is 103 cm³/mol. The Hall–Kier alpha value is -2.95. The third-order valence-corrected chi connectivity index (χ3v) is 5.57. The molecule has 2 aromatic rings. The van der Waals surface area contributed by atoms with Crippen molar-refractivity contribution in [2.75, 3.05) is 6.54 Å². The molecule has 2 aromatic carbocycles. The molecular formula is C22H22N2O3. The number of carbonyl (C=O) groups is 3. The number of rotatable bonds is 4. The van der Waals surface area contributed by atoms with Gasteiger partial charge in [-0.15, -0.1) is 0 Å². The molecule has 1 saturated heterocycles. The molecule has 138 valence electrons. The smallest absolute Gasteiger partial charge is 0.240 e. The normalized spacial score (nSPS) is 22.8. The largest absolute Gasteiger partial charge is 0.348 e. The Balaban J connectivity index is 1.46. The Morgan fingerprint density at radius 3 is 2.37 bits per heavy atom. The second-order valence-corrected chi connectivity index (χ2v) is 7.28. The van der Waals surface area contributed by atoms with Gasteiger partial charge in [-0.1, -0.05) is 54.6 Å². The Labute approximate surface area is 158 Å². The van der Waals surface area contributed by atoms with E-state index in [1.807, 2.05) is 61.5 Å². The molecule has 1 aliphatic heterocycles. The SMILES string of the molecule is C[C@@H](NC(=O)CN1C(=O)[C@H]2CC=CC[C@@H]2C1=O)c1cccc2ccccc12. The lowest BCUT2D eigenvalue weighted by atomic mass is 9.85. The minimum absolute atomic E-state index is 0.209. The molecule has 5 nitrogen and oxygen atoms in total. The minimum atomic E-state index is -0.316. The summed E-state index contributed by atoms with van der Waals surface area (Å²) in [6, 6.07) is 13.8. The molecule has 1 aliphatic carbocycles. The molecule has 3 amide bonds. The summed E-state index contributed by atoms with van der Waals surface area (Å²) in [5, 5.41) is 5.13. The summed E-state index contributed by atoms with van der Waals surface area (Å²) in [6.07, 6.45) is 5.05. The summed E-state index contributed by atoms with van der Waals surface area (Å²) in [7, 11) is 0. The Morgan fingerprint density at radius 2 is 1.67 bits per heavy atom. The van der Waals surface area contributed by atoms with Crippen molar-refractivity contribution < 1.29 is 14.4 Å². The Kier molecular flexibility index (Phi) is 4.52. The second-order valence-electron chi connectivity index (χ2n) is 7.28. The first-order chi connectivity index (χ1) is 13.1. The van der Waals surface area contributed by atoms with Crippen LogP contribution in [0.25, 0.3) is 10.8 Å². The number of hydrogen-bond donors (Lipinski definition) is 1. The van der Waals surface area contributed by atoms with Gasteiger partial charge in [0, 0.05) is 0 Å². The zero-order valence-electron chi connectivity index (χ0n) is 15.2. The monoisotopic (exact) mass is 362 g/mol. The number of amides is 3. The number of fused-ring (bicyclic) bond motifs is 2. The standard InChI is InChI=1S/C22H22N2O3/c1-14(16-12-6-8-15-7-2-3-9-17(15)16)23-20(25)13-24-21(26)18-10-4-5-11-19(18)22(24)27/h2-9,12,14,18-19H,10-11,13H2,1H3,(H,23,25)/t14-,18+,19+/m1/s1. The summed E-state index contributed by atoms with van der Waals surface area (Å²) in [5.74, 6) is -1.36. The summed E-state index contributed by atoms with van der Waals surface area (Å²) in [6.45, 7) is 1.71. The van der Waals surface area contributed by atoms with Gasteiger partial charge in [0.1, 0.15) is 6.54 Å². The molecule has 0 spiro atoms. The van der Waals surface area contributed by atoms with Crippen LogP contribution in [-0.4, -0.2) is 29.2 Å². The quantitative estimate of drug-likeness (QED) is 0.672. The highest BCUT2D eigenvalue weighted by Crippen LogP contribution is 2.34. The van der Waals surface area contributed by atoms with Crippen LogP contribution < -0.4 is 5.32 Å². The van der Waals surface area contributed by atoms with Crippen LogP contribution in [0.2, 0.25) is 0 Å². The third kappa shape index (κ3) is 3.14.